The fourth-order valence-electron chi connectivity index (χ4n) is 5.83. The van der Waals surface area contributed by atoms with Crippen LogP contribution in [0.2, 0.25) is 0 Å². The quantitative estimate of drug-likeness (QED) is 0.213. The zero-order valence-corrected chi connectivity index (χ0v) is 27.8. The fraction of sp³-hybridized carbons (Fsp3) is 0.429. The number of nitrogens with one attached hydrogen (secondary N) is 1. The third kappa shape index (κ3) is 9.03. The number of carbonyl (C=O) groups is 1. The Balaban J connectivity index is 1.31. The number of aliphatic hydroxyl groups excluding tert-OH is 1. The minimum atomic E-state index is -4.00. The summed E-state index contributed by atoms with van der Waals surface area (Å²) in [5.41, 5.74) is 8.38. The number of ether oxygens (including phenoxy) is 4. The number of carbonyl (C=O) groups excluding carboxylic acids is 1. The molecule has 0 bridgehead atoms. The van der Waals surface area contributed by atoms with Gasteiger partial charge in [-0.25, -0.2) is 13.2 Å². The normalized spacial score (nSPS) is 20.2. The van der Waals surface area contributed by atoms with E-state index in [-0.39, 0.29) is 49.5 Å². The molecule has 2 aliphatic rings. The van der Waals surface area contributed by atoms with Gasteiger partial charge in [0.25, 0.3) is 0 Å². The van der Waals surface area contributed by atoms with Crippen LogP contribution in [-0.4, -0.2) is 74.8 Å². The molecule has 2 aliphatic heterocycles. The summed E-state index contributed by atoms with van der Waals surface area (Å²) in [4.78, 5) is 13.3. The van der Waals surface area contributed by atoms with Gasteiger partial charge in [0.15, 0.2) is 6.29 Å². The Morgan fingerprint density at radius 2 is 1.83 bits per heavy atom. The topological polar surface area (TPSA) is 173 Å². The SMILES string of the molecule is CC(C)CN(C[C@@H](O)[C@H](Cc1ccc(OCc2cccc(C#N)c2)cc1)NC(=O)OC1CO[C@H]2OCC[C@@H]12)S(=O)(=O)c1ccc(N)cc1. The molecule has 2 saturated heterocycles. The molecule has 5 rings (SSSR count). The smallest absolute Gasteiger partial charge is 0.407 e. The number of benzene rings is 3. The second kappa shape index (κ2) is 15.8. The number of alkyl carbamates (subject to hydrolysis) is 1. The molecule has 5 atom stereocenters. The van der Waals surface area contributed by atoms with Crippen molar-refractivity contribution in [2.24, 2.45) is 11.8 Å². The number of hydrogen-bond acceptors (Lipinski definition) is 10. The molecule has 0 aromatic heterocycles. The van der Waals surface area contributed by atoms with Gasteiger partial charge in [-0.15, -0.1) is 0 Å². The Kier molecular flexibility index (Phi) is 11.6. The van der Waals surface area contributed by atoms with Crippen molar-refractivity contribution in [2.45, 2.75) is 62.7 Å². The number of hydrogen-bond donors (Lipinski definition) is 3. The van der Waals surface area contributed by atoms with Gasteiger partial charge >= 0.3 is 6.09 Å². The number of amides is 1. The maximum atomic E-state index is 13.7. The van der Waals surface area contributed by atoms with E-state index in [1.807, 2.05) is 32.0 Å². The van der Waals surface area contributed by atoms with E-state index in [2.05, 4.69) is 11.4 Å². The van der Waals surface area contributed by atoms with E-state index in [9.17, 15) is 18.3 Å². The highest BCUT2D eigenvalue weighted by Crippen LogP contribution is 2.33. The molecule has 1 amide bonds. The molecular weight excluding hydrogens is 636 g/mol. The number of nitrogens with zero attached hydrogens (tertiary/aromatic N) is 2. The van der Waals surface area contributed by atoms with Gasteiger partial charge in [0, 0.05) is 18.8 Å². The minimum absolute atomic E-state index is 0.0454. The summed E-state index contributed by atoms with van der Waals surface area (Å²) < 4.78 is 51.4. The predicted molar refractivity (Wildman–Crippen MR) is 177 cm³/mol. The monoisotopic (exact) mass is 678 g/mol. The van der Waals surface area contributed by atoms with Crippen molar-refractivity contribution >= 4 is 21.8 Å². The van der Waals surface area contributed by atoms with E-state index in [0.717, 1.165) is 11.1 Å². The van der Waals surface area contributed by atoms with E-state index in [1.54, 1.807) is 30.3 Å². The van der Waals surface area contributed by atoms with Crippen LogP contribution in [0.5, 0.6) is 5.75 Å². The molecule has 0 saturated carbocycles. The summed E-state index contributed by atoms with van der Waals surface area (Å²) in [6, 6.07) is 21.4. The van der Waals surface area contributed by atoms with E-state index >= 15 is 0 Å². The maximum absolute atomic E-state index is 13.7. The summed E-state index contributed by atoms with van der Waals surface area (Å²) >= 11 is 0. The van der Waals surface area contributed by atoms with Crippen LogP contribution in [0.1, 0.15) is 37.0 Å². The van der Waals surface area contributed by atoms with Crippen LogP contribution >= 0.6 is 0 Å². The Hall–Kier alpha value is -4.19. The average molecular weight is 679 g/mol. The van der Waals surface area contributed by atoms with Crippen molar-refractivity contribution < 1.29 is 37.3 Å². The van der Waals surface area contributed by atoms with Crippen molar-refractivity contribution in [3.63, 3.8) is 0 Å². The summed E-state index contributed by atoms with van der Waals surface area (Å²) in [6.07, 6.45) is -2.05. The Morgan fingerprint density at radius 3 is 2.54 bits per heavy atom. The molecule has 0 radical (unpaired) electrons. The van der Waals surface area contributed by atoms with Crippen LogP contribution in [-0.2, 0) is 37.3 Å². The minimum Gasteiger partial charge on any atom is -0.489 e. The lowest BCUT2D eigenvalue weighted by atomic mass is 10.0. The first-order chi connectivity index (χ1) is 23.0. The molecule has 12 nitrogen and oxygen atoms in total. The van der Waals surface area contributed by atoms with E-state index in [4.69, 9.17) is 29.9 Å². The van der Waals surface area contributed by atoms with E-state index in [0.29, 0.717) is 30.0 Å². The first-order valence-corrected chi connectivity index (χ1v) is 17.4. The Labute approximate surface area is 281 Å². The lowest BCUT2D eigenvalue weighted by molar-refractivity contribution is -0.0907. The zero-order valence-electron chi connectivity index (χ0n) is 27.0. The van der Waals surface area contributed by atoms with Crippen LogP contribution in [0, 0.1) is 23.2 Å². The molecule has 48 heavy (non-hydrogen) atoms. The van der Waals surface area contributed by atoms with Gasteiger partial charge in [0.2, 0.25) is 10.0 Å². The van der Waals surface area contributed by atoms with Gasteiger partial charge in [-0.1, -0.05) is 38.1 Å². The zero-order chi connectivity index (χ0) is 34.3. The van der Waals surface area contributed by atoms with Gasteiger partial charge < -0.3 is 35.1 Å². The number of nitrogen functional groups attached to an aromatic ring is 1. The predicted octanol–water partition coefficient (Wildman–Crippen LogP) is 3.83. The molecular formula is C35H42N4O8S. The van der Waals surface area contributed by atoms with Gasteiger partial charge in [0.1, 0.15) is 18.5 Å². The van der Waals surface area contributed by atoms with Crippen molar-refractivity contribution in [3.8, 4) is 11.8 Å². The van der Waals surface area contributed by atoms with E-state index < -0.39 is 40.7 Å². The van der Waals surface area contributed by atoms with Crippen molar-refractivity contribution in [2.75, 3.05) is 32.0 Å². The molecule has 1 unspecified atom stereocenters. The van der Waals surface area contributed by atoms with Crippen molar-refractivity contribution in [3.05, 3.63) is 89.5 Å². The van der Waals surface area contributed by atoms with Crippen LogP contribution in [0.4, 0.5) is 10.5 Å². The largest absolute Gasteiger partial charge is 0.489 e. The molecule has 2 heterocycles. The fourth-order valence-corrected chi connectivity index (χ4v) is 7.45. The summed E-state index contributed by atoms with van der Waals surface area (Å²) in [6.45, 7) is 4.65. The number of nitriles is 1. The van der Waals surface area contributed by atoms with Crippen molar-refractivity contribution in [1.82, 2.24) is 9.62 Å². The van der Waals surface area contributed by atoms with Gasteiger partial charge in [-0.3, -0.25) is 0 Å². The lowest BCUT2D eigenvalue weighted by Crippen LogP contribution is -2.51. The molecule has 4 N–H and O–H groups in total. The van der Waals surface area contributed by atoms with Crippen molar-refractivity contribution in [1.29, 1.82) is 5.26 Å². The van der Waals surface area contributed by atoms with Crippen LogP contribution in [0.15, 0.2) is 77.7 Å². The highest BCUT2D eigenvalue weighted by Gasteiger charge is 2.44. The Morgan fingerprint density at radius 1 is 1.08 bits per heavy atom. The van der Waals surface area contributed by atoms with E-state index in [1.165, 1.54) is 28.6 Å². The van der Waals surface area contributed by atoms with Gasteiger partial charge in [-0.2, -0.15) is 9.57 Å². The molecule has 0 aliphatic carbocycles. The molecule has 3 aromatic rings. The van der Waals surface area contributed by atoms with Gasteiger partial charge in [0.05, 0.1) is 47.8 Å². The summed E-state index contributed by atoms with van der Waals surface area (Å²) in [5, 5.41) is 23.5. The lowest BCUT2D eigenvalue weighted by Gasteiger charge is -2.31. The molecule has 0 spiro atoms. The first-order valence-electron chi connectivity index (χ1n) is 16.0. The molecule has 256 valence electrons. The number of fused-ring (bicyclic) bond motifs is 1. The third-order valence-electron chi connectivity index (χ3n) is 8.33. The van der Waals surface area contributed by atoms with Crippen LogP contribution < -0.4 is 15.8 Å². The summed E-state index contributed by atoms with van der Waals surface area (Å²) in [5.74, 6) is 0.481. The highest BCUT2D eigenvalue weighted by molar-refractivity contribution is 7.89. The average Bonchev–Trinajstić information content (AvgIpc) is 3.69. The number of anilines is 1. The maximum Gasteiger partial charge on any atom is 0.407 e. The summed E-state index contributed by atoms with van der Waals surface area (Å²) in [7, 11) is -4.00. The Bertz CT molecular complexity index is 1680. The van der Waals surface area contributed by atoms with Crippen LogP contribution in [0.25, 0.3) is 0 Å². The number of nitrogens with two attached hydrogens (primary N) is 1. The van der Waals surface area contributed by atoms with Gasteiger partial charge in [-0.05, 0) is 78.4 Å². The number of sulfonamides is 1. The van der Waals surface area contributed by atoms with Crippen LogP contribution in [0.3, 0.4) is 0 Å². The number of aliphatic hydroxyl groups is 1. The third-order valence-corrected chi connectivity index (χ3v) is 10.2. The first kappa shape index (κ1) is 35.1. The second-order valence-corrected chi connectivity index (χ2v) is 14.5. The standard InChI is InChI=1S/C35H42N4O8S/c1-23(2)19-39(48(42,43)29-12-8-27(37)9-13-29)20-32(40)31(38-35(41)47-33-22-46-34-30(33)14-15-44-34)17-24-6-10-28(11-7-24)45-21-26-5-3-4-25(16-26)18-36/h3-13,16,23,30-34,40H,14-15,17,19-22,37H2,1-2H3,(H,38,41)/t30-,31-,32+,33?,34+/m0/s1. The molecule has 2 fully saturated rings. The highest BCUT2D eigenvalue weighted by atomic mass is 32.2. The number of rotatable bonds is 14. The molecule has 13 heteroatoms. The second-order valence-electron chi connectivity index (χ2n) is 12.5. The molecule has 3 aromatic carbocycles.